The number of carbonyl (C=O) groups excluding carboxylic acids is 2. The summed E-state index contributed by atoms with van der Waals surface area (Å²) in [6.07, 6.45) is 1.63. The van der Waals surface area contributed by atoms with Crippen LogP contribution in [0.3, 0.4) is 0 Å². The van der Waals surface area contributed by atoms with Crippen LogP contribution in [0.5, 0.6) is 0 Å². The predicted molar refractivity (Wildman–Crippen MR) is 72.3 cm³/mol. The van der Waals surface area contributed by atoms with Crippen molar-refractivity contribution in [3.63, 3.8) is 0 Å². The van der Waals surface area contributed by atoms with Gasteiger partial charge in [-0.15, -0.1) is 0 Å². The molecule has 6 heteroatoms. The standard InChI is InChI=1S/C13H24N4O2/c1-8-5-16-11(6-15-8)13(19)17-7-10(12(14)18)4-3-9(17)2/h8-11,15-16H,3-7H2,1-2H3,(H2,14,18). The summed E-state index contributed by atoms with van der Waals surface area (Å²) >= 11 is 0. The Kier molecular flexibility index (Phi) is 4.42. The molecule has 2 heterocycles. The van der Waals surface area contributed by atoms with Crippen molar-refractivity contribution >= 4 is 11.8 Å². The van der Waals surface area contributed by atoms with Gasteiger partial charge in [0.25, 0.3) is 0 Å². The van der Waals surface area contributed by atoms with E-state index in [0.717, 1.165) is 19.4 Å². The second kappa shape index (κ2) is 5.88. The minimum Gasteiger partial charge on any atom is -0.369 e. The van der Waals surface area contributed by atoms with Gasteiger partial charge in [-0.05, 0) is 26.7 Å². The molecule has 4 atom stereocenters. The number of nitrogens with one attached hydrogen (secondary N) is 2. The number of rotatable bonds is 2. The van der Waals surface area contributed by atoms with E-state index >= 15 is 0 Å². The molecule has 0 aromatic rings. The molecule has 2 rings (SSSR count). The fraction of sp³-hybridized carbons (Fsp3) is 0.846. The molecular formula is C13H24N4O2. The Hall–Kier alpha value is -1.14. The molecule has 0 bridgehead atoms. The molecule has 0 saturated carbocycles. The van der Waals surface area contributed by atoms with E-state index < -0.39 is 0 Å². The average molecular weight is 268 g/mol. The van der Waals surface area contributed by atoms with Gasteiger partial charge in [0.2, 0.25) is 11.8 Å². The molecule has 0 spiro atoms. The first-order chi connectivity index (χ1) is 8.99. The van der Waals surface area contributed by atoms with Gasteiger partial charge in [-0.2, -0.15) is 0 Å². The van der Waals surface area contributed by atoms with Gasteiger partial charge in [0, 0.05) is 31.7 Å². The third-order valence-corrected chi connectivity index (χ3v) is 4.21. The summed E-state index contributed by atoms with van der Waals surface area (Å²) in [4.78, 5) is 25.6. The number of hydrogen-bond acceptors (Lipinski definition) is 4. The van der Waals surface area contributed by atoms with Crippen LogP contribution < -0.4 is 16.4 Å². The second-order valence-corrected chi connectivity index (χ2v) is 5.79. The van der Waals surface area contributed by atoms with Crippen molar-refractivity contribution in [3.05, 3.63) is 0 Å². The Morgan fingerprint density at radius 1 is 1.16 bits per heavy atom. The van der Waals surface area contributed by atoms with E-state index in [1.807, 2.05) is 11.8 Å². The lowest BCUT2D eigenvalue weighted by molar-refractivity contribution is -0.139. The quantitative estimate of drug-likeness (QED) is 0.602. The number of piperazine rings is 1. The van der Waals surface area contributed by atoms with Crippen LogP contribution in [0.2, 0.25) is 0 Å². The highest BCUT2D eigenvalue weighted by Crippen LogP contribution is 2.22. The number of likely N-dealkylation sites (tertiary alicyclic amines) is 1. The van der Waals surface area contributed by atoms with Crippen molar-refractivity contribution in [2.75, 3.05) is 19.6 Å². The number of nitrogens with zero attached hydrogens (tertiary/aromatic N) is 1. The number of nitrogens with two attached hydrogens (primary N) is 1. The Morgan fingerprint density at radius 2 is 1.89 bits per heavy atom. The van der Waals surface area contributed by atoms with Gasteiger partial charge >= 0.3 is 0 Å². The molecule has 4 unspecified atom stereocenters. The van der Waals surface area contributed by atoms with Crippen molar-refractivity contribution in [1.82, 2.24) is 15.5 Å². The molecular weight excluding hydrogens is 244 g/mol. The SMILES string of the molecule is CC1CNC(C(=O)N2CC(C(N)=O)CCC2C)CN1. The zero-order valence-corrected chi connectivity index (χ0v) is 11.7. The minimum absolute atomic E-state index is 0.0813. The highest BCUT2D eigenvalue weighted by molar-refractivity contribution is 5.84. The Bertz CT molecular complexity index is 353. The normalized spacial score (nSPS) is 36.0. The van der Waals surface area contributed by atoms with E-state index in [-0.39, 0.29) is 29.8 Å². The Labute approximate surface area is 114 Å². The summed E-state index contributed by atoms with van der Waals surface area (Å²) in [6.45, 7) is 6.01. The van der Waals surface area contributed by atoms with Crippen LogP contribution in [0.25, 0.3) is 0 Å². The Balaban J connectivity index is 1.98. The van der Waals surface area contributed by atoms with E-state index in [0.29, 0.717) is 19.1 Å². The number of hydrogen-bond donors (Lipinski definition) is 3. The molecule has 2 saturated heterocycles. The fourth-order valence-corrected chi connectivity index (χ4v) is 2.80. The second-order valence-electron chi connectivity index (χ2n) is 5.79. The maximum absolute atomic E-state index is 12.5. The molecule has 0 aromatic carbocycles. The van der Waals surface area contributed by atoms with Crippen LogP contribution in [0.4, 0.5) is 0 Å². The maximum atomic E-state index is 12.5. The molecule has 19 heavy (non-hydrogen) atoms. The summed E-state index contributed by atoms with van der Waals surface area (Å²) in [5.41, 5.74) is 5.37. The zero-order valence-electron chi connectivity index (χ0n) is 11.7. The smallest absolute Gasteiger partial charge is 0.241 e. The van der Waals surface area contributed by atoms with Crippen molar-refractivity contribution in [2.24, 2.45) is 11.7 Å². The van der Waals surface area contributed by atoms with Gasteiger partial charge in [0.15, 0.2) is 0 Å². The number of primary amides is 1. The molecule has 2 aliphatic heterocycles. The molecule has 0 aromatic heterocycles. The highest BCUT2D eigenvalue weighted by Gasteiger charge is 2.35. The molecule has 0 radical (unpaired) electrons. The third-order valence-electron chi connectivity index (χ3n) is 4.21. The molecule has 4 N–H and O–H groups in total. The van der Waals surface area contributed by atoms with Gasteiger partial charge in [0.05, 0.1) is 12.0 Å². The van der Waals surface area contributed by atoms with Crippen LogP contribution in [0.15, 0.2) is 0 Å². The summed E-state index contributed by atoms with van der Waals surface area (Å²) in [5, 5.41) is 6.56. The third kappa shape index (κ3) is 3.25. The van der Waals surface area contributed by atoms with Gasteiger partial charge in [0.1, 0.15) is 0 Å². The molecule has 108 valence electrons. The topological polar surface area (TPSA) is 87.5 Å². The number of amides is 2. The number of carbonyl (C=O) groups is 2. The van der Waals surface area contributed by atoms with E-state index in [4.69, 9.17) is 5.73 Å². The fourth-order valence-electron chi connectivity index (χ4n) is 2.80. The molecule has 2 fully saturated rings. The van der Waals surface area contributed by atoms with Crippen molar-refractivity contribution in [1.29, 1.82) is 0 Å². The lowest BCUT2D eigenvalue weighted by atomic mass is 9.92. The largest absolute Gasteiger partial charge is 0.369 e. The lowest BCUT2D eigenvalue weighted by Crippen LogP contribution is -2.62. The molecule has 0 aliphatic carbocycles. The van der Waals surface area contributed by atoms with E-state index in [2.05, 4.69) is 17.6 Å². The van der Waals surface area contributed by atoms with Crippen LogP contribution >= 0.6 is 0 Å². The van der Waals surface area contributed by atoms with Crippen LogP contribution in [0.1, 0.15) is 26.7 Å². The summed E-state index contributed by atoms with van der Waals surface area (Å²) in [7, 11) is 0. The first-order valence-electron chi connectivity index (χ1n) is 7.05. The van der Waals surface area contributed by atoms with Crippen LogP contribution in [0, 0.1) is 5.92 Å². The monoisotopic (exact) mass is 268 g/mol. The van der Waals surface area contributed by atoms with E-state index in [1.54, 1.807) is 0 Å². The molecule has 2 amide bonds. The van der Waals surface area contributed by atoms with Crippen LogP contribution in [-0.4, -0.2) is 54.5 Å². The molecule has 6 nitrogen and oxygen atoms in total. The average Bonchev–Trinajstić information content (AvgIpc) is 2.39. The van der Waals surface area contributed by atoms with Crippen molar-refractivity contribution in [3.8, 4) is 0 Å². The van der Waals surface area contributed by atoms with E-state index in [1.165, 1.54) is 0 Å². The van der Waals surface area contributed by atoms with Gasteiger partial charge in [-0.3, -0.25) is 9.59 Å². The Morgan fingerprint density at radius 3 is 2.47 bits per heavy atom. The zero-order chi connectivity index (χ0) is 14.0. The highest BCUT2D eigenvalue weighted by atomic mass is 16.2. The van der Waals surface area contributed by atoms with E-state index in [9.17, 15) is 9.59 Å². The van der Waals surface area contributed by atoms with Crippen molar-refractivity contribution in [2.45, 2.75) is 44.8 Å². The predicted octanol–water partition coefficient (Wildman–Crippen LogP) is -0.951. The first-order valence-corrected chi connectivity index (χ1v) is 7.05. The van der Waals surface area contributed by atoms with Crippen molar-refractivity contribution < 1.29 is 9.59 Å². The maximum Gasteiger partial charge on any atom is 0.241 e. The number of piperidine rings is 1. The van der Waals surface area contributed by atoms with Gasteiger partial charge < -0.3 is 21.3 Å². The van der Waals surface area contributed by atoms with Gasteiger partial charge in [-0.1, -0.05) is 0 Å². The van der Waals surface area contributed by atoms with Gasteiger partial charge in [-0.25, -0.2) is 0 Å². The summed E-state index contributed by atoms with van der Waals surface area (Å²) in [6, 6.07) is 0.385. The summed E-state index contributed by atoms with van der Waals surface area (Å²) < 4.78 is 0. The minimum atomic E-state index is -0.298. The van der Waals surface area contributed by atoms with Crippen LogP contribution in [-0.2, 0) is 9.59 Å². The molecule has 2 aliphatic rings. The summed E-state index contributed by atoms with van der Waals surface area (Å²) in [5.74, 6) is -0.415. The first kappa shape index (κ1) is 14.3. The lowest BCUT2D eigenvalue weighted by Gasteiger charge is -2.40.